The van der Waals surface area contributed by atoms with Crippen molar-refractivity contribution in [1.29, 1.82) is 0 Å². The molecule has 1 atom stereocenters. The molecule has 90 valence electrons. The Labute approximate surface area is 111 Å². The van der Waals surface area contributed by atoms with E-state index in [4.69, 9.17) is 11.6 Å². The van der Waals surface area contributed by atoms with E-state index in [1.807, 2.05) is 12.1 Å². The standard InChI is InChI=1S/C16H13ClO/c1-10-2-4-11(5-3-10)14-9-16(18)13-7-6-12(17)8-15(13)14/h2-8,14H,9H2,1H3/t14-/m0/s1. The maximum atomic E-state index is 12.0. The number of aryl methyl sites for hydroxylation is 1. The molecule has 0 aromatic heterocycles. The number of rotatable bonds is 1. The Morgan fingerprint density at radius 2 is 1.83 bits per heavy atom. The summed E-state index contributed by atoms with van der Waals surface area (Å²) in [5.41, 5.74) is 4.31. The molecule has 0 bridgehead atoms. The van der Waals surface area contributed by atoms with Crippen LogP contribution in [-0.4, -0.2) is 5.78 Å². The lowest BCUT2D eigenvalue weighted by Gasteiger charge is -2.11. The zero-order chi connectivity index (χ0) is 12.7. The predicted molar refractivity (Wildman–Crippen MR) is 73.4 cm³/mol. The SMILES string of the molecule is Cc1ccc([C@@H]2CC(=O)c3ccc(Cl)cc32)cc1. The van der Waals surface area contributed by atoms with E-state index in [-0.39, 0.29) is 11.7 Å². The van der Waals surface area contributed by atoms with E-state index in [2.05, 4.69) is 31.2 Å². The molecule has 1 aliphatic rings. The number of fused-ring (bicyclic) bond motifs is 1. The summed E-state index contributed by atoms with van der Waals surface area (Å²) in [7, 11) is 0. The molecule has 0 spiro atoms. The largest absolute Gasteiger partial charge is 0.294 e. The Bertz CT molecular complexity index is 613. The third-order valence-electron chi connectivity index (χ3n) is 3.56. The number of halogens is 1. The van der Waals surface area contributed by atoms with Crippen LogP contribution in [0, 0.1) is 6.92 Å². The molecule has 0 N–H and O–H groups in total. The van der Waals surface area contributed by atoms with Gasteiger partial charge >= 0.3 is 0 Å². The Balaban J connectivity index is 2.09. The fourth-order valence-electron chi connectivity index (χ4n) is 2.58. The van der Waals surface area contributed by atoms with Crippen molar-refractivity contribution in [3.05, 3.63) is 69.7 Å². The first-order chi connectivity index (χ1) is 8.65. The van der Waals surface area contributed by atoms with Crippen LogP contribution in [0.1, 0.15) is 39.4 Å². The second-order valence-electron chi connectivity index (χ2n) is 4.82. The molecule has 3 rings (SSSR count). The van der Waals surface area contributed by atoms with E-state index < -0.39 is 0 Å². The predicted octanol–water partition coefficient (Wildman–Crippen LogP) is 4.37. The van der Waals surface area contributed by atoms with Gasteiger partial charge in [0.05, 0.1) is 0 Å². The molecule has 0 radical (unpaired) electrons. The van der Waals surface area contributed by atoms with Crippen molar-refractivity contribution in [3.63, 3.8) is 0 Å². The Kier molecular flexibility index (Phi) is 2.71. The number of carbonyl (C=O) groups excluding carboxylic acids is 1. The minimum absolute atomic E-state index is 0.159. The number of benzene rings is 2. The van der Waals surface area contributed by atoms with Gasteiger partial charge in [0.15, 0.2) is 5.78 Å². The molecule has 1 aliphatic carbocycles. The molecule has 2 heteroatoms. The first-order valence-corrected chi connectivity index (χ1v) is 6.42. The van der Waals surface area contributed by atoms with Gasteiger partial charge in [0, 0.05) is 22.9 Å². The average Bonchev–Trinajstić information content (AvgIpc) is 2.67. The molecular formula is C16H13ClO. The zero-order valence-electron chi connectivity index (χ0n) is 10.1. The maximum absolute atomic E-state index is 12.0. The summed E-state index contributed by atoms with van der Waals surface area (Å²) in [6.07, 6.45) is 0.554. The first kappa shape index (κ1) is 11.5. The van der Waals surface area contributed by atoms with Crippen molar-refractivity contribution < 1.29 is 4.79 Å². The van der Waals surface area contributed by atoms with E-state index in [0.717, 1.165) is 11.1 Å². The van der Waals surface area contributed by atoms with Gasteiger partial charge in [0.25, 0.3) is 0 Å². The number of hydrogen-bond acceptors (Lipinski definition) is 1. The van der Waals surface area contributed by atoms with E-state index in [9.17, 15) is 4.79 Å². The lowest BCUT2D eigenvalue weighted by atomic mass is 9.92. The molecule has 18 heavy (non-hydrogen) atoms. The molecule has 0 saturated heterocycles. The Morgan fingerprint density at radius 1 is 1.11 bits per heavy atom. The molecule has 0 heterocycles. The quantitative estimate of drug-likeness (QED) is 0.741. The van der Waals surface area contributed by atoms with Gasteiger partial charge in [-0.25, -0.2) is 0 Å². The summed E-state index contributed by atoms with van der Waals surface area (Å²) in [6, 6.07) is 13.9. The summed E-state index contributed by atoms with van der Waals surface area (Å²) < 4.78 is 0. The summed E-state index contributed by atoms with van der Waals surface area (Å²) in [6.45, 7) is 2.06. The Morgan fingerprint density at radius 3 is 2.56 bits per heavy atom. The maximum Gasteiger partial charge on any atom is 0.164 e. The van der Waals surface area contributed by atoms with Crippen molar-refractivity contribution >= 4 is 17.4 Å². The van der Waals surface area contributed by atoms with Crippen LogP contribution < -0.4 is 0 Å². The average molecular weight is 257 g/mol. The summed E-state index contributed by atoms with van der Waals surface area (Å²) in [5.74, 6) is 0.374. The summed E-state index contributed by atoms with van der Waals surface area (Å²) >= 11 is 6.04. The number of ketones is 1. The van der Waals surface area contributed by atoms with E-state index >= 15 is 0 Å². The topological polar surface area (TPSA) is 17.1 Å². The fourth-order valence-corrected chi connectivity index (χ4v) is 2.76. The highest BCUT2D eigenvalue weighted by Crippen LogP contribution is 2.39. The van der Waals surface area contributed by atoms with Crippen LogP contribution in [0.2, 0.25) is 5.02 Å². The molecule has 0 amide bonds. The van der Waals surface area contributed by atoms with Crippen molar-refractivity contribution in [2.45, 2.75) is 19.3 Å². The van der Waals surface area contributed by atoms with Gasteiger partial charge in [-0.3, -0.25) is 4.79 Å². The molecule has 0 fully saturated rings. The van der Waals surface area contributed by atoms with Gasteiger partial charge in [0.2, 0.25) is 0 Å². The highest BCUT2D eigenvalue weighted by atomic mass is 35.5. The van der Waals surface area contributed by atoms with Crippen LogP contribution in [0.15, 0.2) is 42.5 Å². The highest BCUT2D eigenvalue weighted by Gasteiger charge is 2.30. The van der Waals surface area contributed by atoms with Crippen molar-refractivity contribution in [3.8, 4) is 0 Å². The minimum Gasteiger partial charge on any atom is -0.294 e. The summed E-state index contributed by atoms with van der Waals surface area (Å²) in [5, 5.41) is 0.695. The Hall–Kier alpha value is -1.60. The second kappa shape index (κ2) is 4.25. The van der Waals surface area contributed by atoms with Crippen LogP contribution >= 0.6 is 11.6 Å². The third kappa shape index (κ3) is 1.85. The lowest BCUT2D eigenvalue weighted by Crippen LogP contribution is -1.96. The van der Waals surface area contributed by atoms with Gasteiger partial charge in [-0.05, 0) is 36.2 Å². The van der Waals surface area contributed by atoms with Gasteiger partial charge < -0.3 is 0 Å². The molecule has 1 nitrogen and oxygen atoms in total. The van der Waals surface area contributed by atoms with Gasteiger partial charge in [0.1, 0.15) is 0 Å². The first-order valence-electron chi connectivity index (χ1n) is 6.04. The van der Waals surface area contributed by atoms with Crippen molar-refractivity contribution in [2.75, 3.05) is 0 Å². The van der Waals surface area contributed by atoms with E-state index in [0.29, 0.717) is 11.4 Å². The molecule has 0 aliphatic heterocycles. The van der Waals surface area contributed by atoms with Crippen LogP contribution in [0.25, 0.3) is 0 Å². The highest BCUT2D eigenvalue weighted by molar-refractivity contribution is 6.30. The van der Waals surface area contributed by atoms with Crippen LogP contribution in [0.4, 0.5) is 0 Å². The molecule has 0 saturated carbocycles. The van der Waals surface area contributed by atoms with Crippen LogP contribution in [-0.2, 0) is 0 Å². The second-order valence-corrected chi connectivity index (χ2v) is 5.26. The normalized spacial score (nSPS) is 17.9. The van der Waals surface area contributed by atoms with E-state index in [1.54, 1.807) is 6.07 Å². The van der Waals surface area contributed by atoms with Crippen molar-refractivity contribution in [2.24, 2.45) is 0 Å². The minimum atomic E-state index is 0.159. The molecular weight excluding hydrogens is 244 g/mol. The molecule has 2 aromatic rings. The molecule has 2 aromatic carbocycles. The smallest absolute Gasteiger partial charge is 0.164 e. The monoisotopic (exact) mass is 256 g/mol. The van der Waals surface area contributed by atoms with Gasteiger partial charge in [-0.2, -0.15) is 0 Å². The zero-order valence-corrected chi connectivity index (χ0v) is 10.9. The van der Waals surface area contributed by atoms with Gasteiger partial charge in [-0.15, -0.1) is 0 Å². The van der Waals surface area contributed by atoms with E-state index in [1.165, 1.54) is 11.1 Å². The van der Waals surface area contributed by atoms with Crippen molar-refractivity contribution in [1.82, 2.24) is 0 Å². The van der Waals surface area contributed by atoms with Gasteiger partial charge in [-0.1, -0.05) is 41.4 Å². The number of carbonyl (C=O) groups is 1. The van der Waals surface area contributed by atoms with Crippen LogP contribution in [0.5, 0.6) is 0 Å². The molecule has 0 unspecified atom stereocenters. The number of hydrogen-bond donors (Lipinski definition) is 0. The lowest BCUT2D eigenvalue weighted by molar-refractivity contribution is 0.0991. The third-order valence-corrected chi connectivity index (χ3v) is 3.79. The van der Waals surface area contributed by atoms with Crippen LogP contribution in [0.3, 0.4) is 0 Å². The fraction of sp³-hybridized carbons (Fsp3) is 0.188. The number of Topliss-reactive ketones (excluding diaryl/α,β-unsaturated/α-hetero) is 1. The summed E-state index contributed by atoms with van der Waals surface area (Å²) in [4.78, 5) is 12.0.